The summed E-state index contributed by atoms with van der Waals surface area (Å²) < 4.78 is 0. The van der Waals surface area contributed by atoms with Gasteiger partial charge in [-0.1, -0.05) is 6.92 Å². The predicted octanol–water partition coefficient (Wildman–Crippen LogP) is -0.747. The van der Waals surface area contributed by atoms with Crippen molar-refractivity contribution >= 4 is 12.2 Å². The van der Waals surface area contributed by atoms with Crippen LogP contribution in [0.2, 0.25) is 0 Å². The Morgan fingerprint density at radius 1 is 1.75 bits per heavy atom. The number of carbonyl (C=O) groups excluding carboxylic acids is 2. The number of rotatable bonds is 3. The van der Waals surface area contributed by atoms with E-state index in [0.717, 1.165) is 19.4 Å². The van der Waals surface area contributed by atoms with Gasteiger partial charge >= 0.3 is 0 Å². The quantitative estimate of drug-likeness (QED) is 0.567. The average molecular weight is 170 g/mol. The molecule has 4 heteroatoms. The minimum atomic E-state index is -0.0490. The third-order valence-electron chi connectivity index (χ3n) is 1.93. The van der Waals surface area contributed by atoms with Crippen LogP contribution in [-0.4, -0.2) is 43.3 Å². The van der Waals surface area contributed by atoms with E-state index in [1.807, 2.05) is 6.92 Å². The van der Waals surface area contributed by atoms with Gasteiger partial charge in [-0.05, 0) is 0 Å². The van der Waals surface area contributed by atoms with Gasteiger partial charge in [0.1, 0.15) is 6.29 Å². The maximum atomic E-state index is 11.2. The Morgan fingerprint density at radius 3 is 3.08 bits per heavy atom. The van der Waals surface area contributed by atoms with Gasteiger partial charge in [-0.15, -0.1) is 0 Å². The molecule has 12 heavy (non-hydrogen) atoms. The fourth-order valence-corrected chi connectivity index (χ4v) is 1.23. The molecule has 0 spiro atoms. The number of nitrogens with one attached hydrogen (secondary N) is 1. The zero-order valence-electron chi connectivity index (χ0n) is 7.25. The van der Waals surface area contributed by atoms with Gasteiger partial charge in [0, 0.05) is 25.6 Å². The van der Waals surface area contributed by atoms with Crippen LogP contribution < -0.4 is 5.32 Å². The van der Waals surface area contributed by atoms with Crippen LogP contribution in [0.25, 0.3) is 0 Å². The highest BCUT2D eigenvalue weighted by molar-refractivity contribution is 5.79. The first-order chi connectivity index (χ1) is 5.74. The zero-order valence-corrected chi connectivity index (χ0v) is 7.25. The van der Waals surface area contributed by atoms with Crippen molar-refractivity contribution in [2.45, 2.75) is 6.92 Å². The first-order valence-corrected chi connectivity index (χ1v) is 4.18. The highest BCUT2D eigenvalue weighted by atomic mass is 16.2. The van der Waals surface area contributed by atoms with Gasteiger partial charge in [-0.2, -0.15) is 0 Å². The number of hydrogen-bond donors (Lipinski definition) is 1. The first-order valence-electron chi connectivity index (χ1n) is 4.18. The van der Waals surface area contributed by atoms with Crippen LogP contribution >= 0.6 is 0 Å². The van der Waals surface area contributed by atoms with Crippen molar-refractivity contribution in [3.63, 3.8) is 0 Å². The van der Waals surface area contributed by atoms with Gasteiger partial charge < -0.3 is 15.0 Å². The topological polar surface area (TPSA) is 49.4 Å². The second kappa shape index (κ2) is 4.21. The molecule has 0 aromatic rings. The summed E-state index contributed by atoms with van der Waals surface area (Å²) in [6.45, 7) is 4.34. The van der Waals surface area contributed by atoms with Gasteiger partial charge in [0.15, 0.2) is 0 Å². The van der Waals surface area contributed by atoms with Gasteiger partial charge in [0.25, 0.3) is 0 Å². The predicted molar refractivity (Wildman–Crippen MR) is 44.7 cm³/mol. The van der Waals surface area contributed by atoms with E-state index in [9.17, 15) is 9.59 Å². The van der Waals surface area contributed by atoms with E-state index >= 15 is 0 Å². The maximum Gasteiger partial charge on any atom is 0.236 e. The molecule has 1 aliphatic rings. The summed E-state index contributed by atoms with van der Waals surface area (Å²) in [5.41, 5.74) is 0. The van der Waals surface area contributed by atoms with Crippen LogP contribution in [0.4, 0.5) is 0 Å². The van der Waals surface area contributed by atoms with E-state index in [2.05, 4.69) is 5.32 Å². The second-order valence-electron chi connectivity index (χ2n) is 3.13. The molecule has 1 unspecified atom stereocenters. The summed E-state index contributed by atoms with van der Waals surface area (Å²) in [4.78, 5) is 23.3. The lowest BCUT2D eigenvalue weighted by molar-refractivity contribution is -0.132. The van der Waals surface area contributed by atoms with E-state index in [0.29, 0.717) is 13.1 Å². The van der Waals surface area contributed by atoms with Crippen LogP contribution in [0, 0.1) is 5.92 Å². The highest BCUT2D eigenvalue weighted by Gasteiger charge is 2.18. The van der Waals surface area contributed by atoms with Gasteiger partial charge in [-0.25, -0.2) is 0 Å². The molecule has 1 aliphatic heterocycles. The Hall–Kier alpha value is -0.900. The van der Waals surface area contributed by atoms with Crippen LogP contribution in [0.5, 0.6) is 0 Å². The molecule has 1 rings (SSSR count). The van der Waals surface area contributed by atoms with Gasteiger partial charge in [-0.3, -0.25) is 4.79 Å². The summed E-state index contributed by atoms with van der Waals surface area (Å²) in [5.74, 6) is 0.0435. The summed E-state index contributed by atoms with van der Waals surface area (Å²) >= 11 is 0. The van der Waals surface area contributed by atoms with E-state index < -0.39 is 0 Å². The third-order valence-corrected chi connectivity index (χ3v) is 1.93. The number of aldehydes is 1. The molecule has 1 heterocycles. The fourth-order valence-electron chi connectivity index (χ4n) is 1.23. The third kappa shape index (κ3) is 2.30. The Bertz CT molecular complexity index is 182. The largest absolute Gasteiger partial charge is 0.340 e. The molecule has 1 fully saturated rings. The second-order valence-corrected chi connectivity index (χ2v) is 3.13. The van der Waals surface area contributed by atoms with E-state index in [1.54, 1.807) is 4.90 Å². The van der Waals surface area contributed by atoms with Crippen LogP contribution in [0.15, 0.2) is 0 Å². The molecule has 0 radical (unpaired) electrons. The van der Waals surface area contributed by atoms with Crippen LogP contribution in [0.3, 0.4) is 0 Å². The molecule has 0 saturated carbocycles. The molecule has 68 valence electrons. The first kappa shape index (κ1) is 9.19. The molecule has 0 aromatic heterocycles. The van der Waals surface area contributed by atoms with Crippen molar-refractivity contribution in [1.82, 2.24) is 10.2 Å². The number of amides is 1. The lowest BCUT2D eigenvalue weighted by atomic mass is 10.2. The van der Waals surface area contributed by atoms with Gasteiger partial charge in [0.2, 0.25) is 5.91 Å². The SMILES string of the molecule is CC(C=O)CN1CCNCC1=O. The molecular formula is C8H14N2O2. The summed E-state index contributed by atoms with van der Waals surface area (Å²) in [6.07, 6.45) is 0.884. The number of hydrogen-bond acceptors (Lipinski definition) is 3. The lowest BCUT2D eigenvalue weighted by Gasteiger charge is -2.28. The Balaban J connectivity index is 2.38. The molecule has 0 aliphatic carbocycles. The normalized spacial score (nSPS) is 20.8. The van der Waals surface area contributed by atoms with Crippen LogP contribution in [-0.2, 0) is 9.59 Å². The summed E-state index contributed by atoms with van der Waals surface area (Å²) in [6, 6.07) is 0. The smallest absolute Gasteiger partial charge is 0.236 e. The Morgan fingerprint density at radius 2 is 2.50 bits per heavy atom. The average Bonchev–Trinajstić information content (AvgIpc) is 2.09. The molecule has 1 atom stereocenters. The summed E-state index contributed by atoms with van der Waals surface area (Å²) in [7, 11) is 0. The monoisotopic (exact) mass is 170 g/mol. The molecule has 0 bridgehead atoms. The van der Waals surface area contributed by atoms with Crippen molar-refractivity contribution in [2.75, 3.05) is 26.2 Å². The Kier molecular flexibility index (Phi) is 3.22. The molecule has 0 aromatic carbocycles. The summed E-state index contributed by atoms with van der Waals surface area (Å²) in [5, 5.41) is 2.98. The standard InChI is InChI=1S/C8H14N2O2/c1-7(6-11)5-10-3-2-9-4-8(10)12/h6-7,9H,2-5H2,1H3. The van der Waals surface area contributed by atoms with E-state index in [-0.39, 0.29) is 11.8 Å². The molecule has 4 nitrogen and oxygen atoms in total. The molecule has 1 amide bonds. The van der Waals surface area contributed by atoms with E-state index in [4.69, 9.17) is 0 Å². The molecular weight excluding hydrogens is 156 g/mol. The highest BCUT2D eigenvalue weighted by Crippen LogP contribution is 1.99. The number of piperazine rings is 1. The van der Waals surface area contributed by atoms with Crippen molar-refractivity contribution in [1.29, 1.82) is 0 Å². The Labute approximate surface area is 71.9 Å². The van der Waals surface area contributed by atoms with Gasteiger partial charge in [0.05, 0.1) is 6.54 Å². The minimum absolute atomic E-state index is 0.0490. The fraction of sp³-hybridized carbons (Fsp3) is 0.750. The lowest BCUT2D eigenvalue weighted by Crippen LogP contribution is -2.49. The van der Waals surface area contributed by atoms with Crippen molar-refractivity contribution < 1.29 is 9.59 Å². The van der Waals surface area contributed by atoms with Crippen molar-refractivity contribution in [2.24, 2.45) is 5.92 Å². The van der Waals surface area contributed by atoms with E-state index in [1.165, 1.54) is 0 Å². The van der Waals surface area contributed by atoms with Crippen molar-refractivity contribution in [3.05, 3.63) is 0 Å². The minimum Gasteiger partial charge on any atom is -0.340 e. The van der Waals surface area contributed by atoms with Crippen LogP contribution in [0.1, 0.15) is 6.92 Å². The molecule has 1 N–H and O–H groups in total. The number of nitrogens with zero attached hydrogens (tertiary/aromatic N) is 1. The number of carbonyl (C=O) groups is 2. The molecule has 1 saturated heterocycles. The van der Waals surface area contributed by atoms with Crippen molar-refractivity contribution in [3.8, 4) is 0 Å². The maximum absolute atomic E-state index is 11.2. The zero-order chi connectivity index (χ0) is 8.97.